The quantitative estimate of drug-likeness (QED) is 0.633. The molecule has 28 heavy (non-hydrogen) atoms. The number of carbonyl (C=O) groups excluding carboxylic acids is 2. The van der Waals surface area contributed by atoms with Crippen LogP contribution in [0.2, 0.25) is 0 Å². The number of alkyl halides is 3. The minimum absolute atomic E-state index is 0.140. The molecule has 3 rings (SSSR count). The van der Waals surface area contributed by atoms with E-state index in [1.54, 1.807) is 0 Å². The molecule has 1 aliphatic rings. The lowest BCUT2D eigenvalue weighted by atomic mass is 10.1. The first-order valence-corrected chi connectivity index (χ1v) is 8.35. The predicted molar refractivity (Wildman–Crippen MR) is 91.9 cm³/mol. The zero-order valence-electron chi connectivity index (χ0n) is 14.7. The molecule has 2 aromatic rings. The highest BCUT2D eigenvalue weighted by Gasteiger charge is 2.44. The first-order chi connectivity index (χ1) is 13.1. The number of hydrogen-bond acceptors (Lipinski definition) is 3. The van der Waals surface area contributed by atoms with Crippen molar-refractivity contribution in [2.24, 2.45) is 0 Å². The molecule has 1 heterocycles. The molecular weight excluding hydrogens is 380 g/mol. The summed E-state index contributed by atoms with van der Waals surface area (Å²) < 4.78 is 51.0. The fourth-order valence-electron chi connectivity index (χ4n) is 3.00. The standard InChI is InChI=1S/C19H16F4N2O3/c1-11-17(27)24(18(28)25(11)15-8-6-14(20)7-9-15)10-16(26)12-2-4-13(5-3-12)19(21,22)23/h2-9,11,16,26H,10H2,1H3. The number of aliphatic hydroxyl groups excluding tert-OH is 1. The zero-order chi connectivity index (χ0) is 20.6. The van der Waals surface area contributed by atoms with E-state index in [2.05, 4.69) is 0 Å². The highest BCUT2D eigenvalue weighted by molar-refractivity contribution is 6.14. The van der Waals surface area contributed by atoms with Crippen LogP contribution >= 0.6 is 0 Å². The van der Waals surface area contributed by atoms with Crippen molar-refractivity contribution < 1.29 is 32.3 Å². The van der Waals surface area contributed by atoms with Crippen molar-refractivity contribution >= 4 is 17.6 Å². The number of halogens is 4. The van der Waals surface area contributed by atoms with Crippen molar-refractivity contribution in [1.82, 2.24) is 4.90 Å². The Morgan fingerprint density at radius 2 is 1.61 bits per heavy atom. The molecule has 0 spiro atoms. The lowest BCUT2D eigenvalue weighted by molar-refractivity contribution is -0.137. The van der Waals surface area contributed by atoms with Gasteiger partial charge in [0.25, 0.3) is 5.91 Å². The van der Waals surface area contributed by atoms with Gasteiger partial charge >= 0.3 is 12.2 Å². The van der Waals surface area contributed by atoms with E-state index >= 15 is 0 Å². The number of imide groups is 1. The van der Waals surface area contributed by atoms with Crippen molar-refractivity contribution in [2.75, 3.05) is 11.4 Å². The molecule has 2 atom stereocenters. The minimum atomic E-state index is -4.50. The van der Waals surface area contributed by atoms with Crippen LogP contribution in [0.4, 0.5) is 28.0 Å². The second-order valence-corrected chi connectivity index (χ2v) is 6.39. The Hall–Kier alpha value is -2.94. The van der Waals surface area contributed by atoms with Gasteiger partial charge in [0.15, 0.2) is 0 Å². The van der Waals surface area contributed by atoms with Gasteiger partial charge in [-0.2, -0.15) is 13.2 Å². The van der Waals surface area contributed by atoms with E-state index in [-0.39, 0.29) is 5.56 Å². The van der Waals surface area contributed by atoms with Crippen molar-refractivity contribution in [3.63, 3.8) is 0 Å². The molecular formula is C19H16F4N2O3. The Morgan fingerprint density at radius 1 is 1.04 bits per heavy atom. The van der Waals surface area contributed by atoms with Crippen molar-refractivity contribution in [1.29, 1.82) is 0 Å². The predicted octanol–water partition coefficient (Wildman–Crippen LogP) is 3.74. The molecule has 0 aliphatic carbocycles. The summed E-state index contributed by atoms with van der Waals surface area (Å²) in [5, 5.41) is 10.3. The lowest BCUT2D eigenvalue weighted by Gasteiger charge is -2.21. The number of nitrogens with zero attached hydrogens (tertiary/aromatic N) is 2. The van der Waals surface area contributed by atoms with Crippen molar-refractivity contribution in [3.8, 4) is 0 Å². The van der Waals surface area contributed by atoms with Gasteiger partial charge in [0, 0.05) is 5.69 Å². The maximum Gasteiger partial charge on any atom is 0.416 e. The fourth-order valence-corrected chi connectivity index (χ4v) is 3.00. The minimum Gasteiger partial charge on any atom is -0.387 e. The van der Waals surface area contributed by atoms with Crippen LogP contribution in [0.25, 0.3) is 0 Å². The number of benzene rings is 2. The van der Waals surface area contributed by atoms with Crippen LogP contribution in [0.5, 0.6) is 0 Å². The lowest BCUT2D eigenvalue weighted by Crippen LogP contribution is -2.36. The van der Waals surface area contributed by atoms with E-state index in [9.17, 15) is 32.3 Å². The van der Waals surface area contributed by atoms with Gasteiger partial charge in [0.2, 0.25) is 0 Å². The van der Waals surface area contributed by atoms with Crippen LogP contribution < -0.4 is 4.90 Å². The van der Waals surface area contributed by atoms with Crippen LogP contribution in [-0.2, 0) is 11.0 Å². The molecule has 3 amide bonds. The Kier molecular flexibility index (Phi) is 5.12. The number of urea groups is 1. The van der Waals surface area contributed by atoms with E-state index in [4.69, 9.17) is 0 Å². The second kappa shape index (κ2) is 7.23. The number of aliphatic hydroxyl groups is 1. The molecule has 0 saturated carbocycles. The second-order valence-electron chi connectivity index (χ2n) is 6.39. The average molecular weight is 396 g/mol. The van der Waals surface area contributed by atoms with E-state index in [0.717, 1.165) is 41.3 Å². The molecule has 1 fully saturated rings. The SMILES string of the molecule is CC1C(=O)N(CC(O)c2ccc(C(F)(F)F)cc2)C(=O)N1c1ccc(F)cc1. The van der Waals surface area contributed by atoms with Gasteiger partial charge < -0.3 is 5.11 Å². The van der Waals surface area contributed by atoms with Crippen LogP contribution in [0.3, 0.4) is 0 Å². The summed E-state index contributed by atoms with van der Waals surface area (Å²) in [7, 11) is 0. The number of hydrogen-bond donors (Lipinski definition) is 1. The molecule has 0 radical (unpaired) electrons. The Bertz CT molecular complexity index is 882. The van der Waals surface area contributed by atoms with Crippen molar-refractivity contribution in [3.05, 3.63) is 65.5 Å². The van der Waals surface area contributed by atoms with Gasteiger partial charge in [-0.15, -0.1) is 0 Å². The molecule has 9 heteroatoms. The first-order valence-electron chi connectivity index (χ1n) is 8.35. The maximum absolute atomic E-state index is 13.1. The number of rotatable bonds is 4. The van der Waals surface area contributed by atoms with E-state index in [0.29, 0.717) is 5.69 Å². The van der Waals surface area contributed by atoms with Crippen LogP contribution in [-0.4, -0.2) is 34.5 Å². The zero-order valence-corrected chi connectivity index (χ0v) is 14.7. The van der Waals surface area contributed by atoms with E-state index in [1.165, 1.54) is 24.0 Å². The first kappa shape index (κ1) is 19.8. The van der Waals surface area contributed by atoms with Gasteiger partial charge in [-0.3, -0.25) is 14.6 Å². The van der Waals surface area contributed by atoms with Gasteiger partial charge in [-0.25, -0.2) is 9.18 Å². The Balaban J connectivity index is 1.77. The normalized spacial score (nSPS) is 18.7. The number of anilines is 1. The van der Waals surface area contributed by atoms with Crippen LogP contribution in [0.15, 0.2) is 48.5 Å². The summed E-state index contributed by atoms with van der Waals surface area (Å²) >= 11 is 0. The third kappa shape index (κ3) is 3.70. The Morgan fingerprint density at radius 3 is 2.14 bits per heavy atom. The maximum atomic E-state index is 13.1. The van der Waals surface area contributed by atoms with Crippen LogP contribution in [0.1, 0.15) is 24.2 Å². The number of β-amino-alcohol motifs (C(OH)–C–C–N with tert-alkyl or cyclic N) is 1. The molecule has 0 aromatic heterocycles. The highest BCUT2D eigenvalue weighted by Crippen LogP contribution is 2.31. The molecule has 2 aromatic carbocycles. The Labute approximate surface area is 157 Å². The summed E-state index contributed by atoms with van der Waals surface area (Å²) in [6.07, 6.45) is -5.86. The monoisotopic (exact) mass is 396 g/mol. The van der Waals surface area contributed by atoms with Gasteiger partial charge in [0.05, 0.1) is 18.2 Å². The van der Waals surface area contributed by atoms with Gasteiger partial charge in [0.1, 0.15) is 11.9 Å². The largest absolute Gasteiger partial charge is 0.416 e. The van der Waals surface area contributed by atoms with Gasteiger partial charge in [-0.05, 0) is 48.9 Å². The van der Waals surface area contributed by atoms with Gasteiger partial charge in [-0.1, -0.05) is 12.1 Å². The average Bonchev–Trinajstić information content (AvgIpc) is 2.85. The van der Waals surface area contributed by atoms with E-state index in [1.807, 2.05) is 0 Å². The van der Waals surface area contributed by atoms with Crippen LogP contribution in [0, 0.1) is 5.82 Å². The molecule has 2 unspecified atom stereocenters. The summed E-state index contributed by atoms with van der Waals surface area (Å²) in [5.74, 6) is -1.07. The summed E-state index contributed by atoms with van der Waals surface area (Å²) in [6, 6.07) is 7.28. The van der Waals surface area contributed by atoms with Crippen molar-refractivity contribution in [2.45, 2.75) is 25.2 Å². The summed E-state index contributed by atoms with van der Waals surface area (Å²) in [6.45, 7) is 1.08. The summed E-state index contributed by atoms with van der Waals surface area (Å²) in [4.78, 5) is 27.1. The molecule has 148 valence electrons. The number of carbonyl (C=O) groups is 2. The molecule has 1 aliphatic heterocycles. The fraction of sp³-hybridized carbons (Fsp3) is 0.263. The highest BCUT2D eigenvalue weighted by atomic mass is 19.4. The molecule has 1 saturated heterocycles. The smallest absolute Gasteiger partial charge is 0.387 e. The van der Waals surface area contributed by atoms with E-state index < -0.39 is 48.2 Å². The third-order valence-electron chi connectivity index (χ3n) is 4.53. The number of amides is 3. The molecule has 0 bridgehead atoms. The summed E-state index contributed by atoms with van der Waals surface area (Å²) in [5.41, 5.74) is -0.409. The molecule has 5 nitrogen and oxygen atoms in total. The third-order valence-corrected chi connectivity index (χ3v) is 4.53. The molecule has 1 N–H and O–H groups in total. The topological polar surface area (TPSA) is 60.9 Å².